The maximum absolute atomic E-state index is 12.9. The van der Waals surface area contributed by atoms with Crippen molar-refractivity contribution >= 4 is 5.91 Å². The minimum Gasteiger partial charge on any atom is -0.353 e. The minimum atomic E-state index is 0.226. The largest absolute Gasteiger partial charge is 0.353 e. The summed E-state index contributed by atoms with van der Waals surface area (Å²) in [4.78, 5) is 15.0. The first-order valence-corrected chi connectivity index (χ1v) is 8.00. The number of likely N-dealkylation sites (tertiary alicyclic amines) is 1. The van der Waals surface area contributed by atoms with Crippen molar-refractivity contribution < 1.29 is 4.79 Å². The molecule has 3 heterocycles. The van der Waals surface area contributed by atoms with E-state index in [2.05, 4.69) is 40.2 Å². The van der Waals surface area contributed by atoms with Crippen LogP contribution in [0.1, 0.15) is 44.3 Å². The summed E-state index contributed by atoms with van der Waals surface area (Å²) in [7, 11) is 2.07. The first-order chi connectivity index (χ1) is 10.2. The van der Waals surface area contributed by atoms with Gasteiger partial charge < -0.3 is 14.8 Å². The van der Waals surface area contributed by atoms with Gasteiger partial charge in [-0.2, -0.15) is 0 Å². The molecule has 2 aliphatic heterocycles. The van der Waals surface area contributed by atoms with Crippen LogP contribution in [-0.2, 0) is 11.8 Å². The van der Waals surface area contributed by atoms with Crippen molar-refractivity contribution in [1.82, 2.24) is 14.8 Å². The van der Waals surface area contributed by atoms with Crippen molar-refractivity contribution in [3.63, 3.8) is 0 Å². The zero-order valence-electron chi connectivity index (χ0n) is 13.1. The molecule has 2 saturated heterocycles. The summed E-state index contributed by atoms with van der Waals surface area (Å²) >= 11 is 0. The number of nitrogens with zero attached hydrogens (tertiary/aromatic N) is 2. The van der Waals surface area contributed by atoms with Crippen LogP contribution in [0.3, 0.4) is 0 Å². The van der Waals surface area contributed by atoms with Crippen LogP contribution in [0, 0.1) is 0 Å². The molecule has 1 aromatic rings. The lowest BCUT2D eigenvalue weighted by Crippen LogP contribution is -2.40. The zero-order chi connectivity index (χ0) is 14.8. The highest BCUT2D eigenvalue weighted by Gasteiger charge is 2.30. The summed E-state index contributed by atoms with van der Waals surface area (Å²) in [6, 6.07) is 4.46. The van der Waals surface area contributed by atoms with Crippen LogP contribution in [0.2, 0.25) is 0 Å². The van der Waals surface area contributed by atoms with Gasteiger partial charge in [-0.25, -0.2) is 0 Å². The normalized spacial score (nSPS) is 22.7. The summed E-state index contributed by atoms with van der Waals surface area (Å²) in [5, 5.41) is 3.23. The zero-order valence-corrected chi connectivity index (χ0v) is 13.1. The average Bonchev–Trinajstić information content (AvgIpc) is 2.70. The molecule has 2 aliphatic rings. The molecule has 0 aromatic carbocycles. The molecule has 3 rings (SSSR count). The second kappa shape index (κ2) is 6.06. The van der Waals surface area contributed by atoms with Crippen molar-refractivity contribution in [2.45, 2.75) is 38.6 Å². The highest BCUT2D eigenvalue weighted by Crippen LogP contribution is 2.31. The van der Waals surface area contributed by atoms with Gasteiger partial charge in [0, 0.05) is 44.1 Å². The van der Waals surface area contributed by atoms with Gasteiger partial charge in [0.25, 0.3) is 0 Å². The molecule has 4 nitrogen and oxygen atoms in total. The van der Waals surface area contributed by atoms with E-state index in [-0.39, 0.29) is 11.9 Å². The Labute approximate surface area is 126 Å². The molecule has 0 spiro atoms. The highest BCUT2D eigenvalue weighted by atomic mass is 16.2. The van der Waals surface area contributed by atoms with E-state index in [1.54, 1.807) is 0 Å². The molecule has 4 heteroatoms. The molecule has 114 valence electrons. The maximum atomic E-state index is 12.9. The lowest BCUT2D eigenvalue weighted by Gasteiger charge is -2.32. The third-order valence-corrected chi connectivity index (χ3v) is 4.87. The average molecular weight is 287 g/mol. The predicted molar refractivity (Wildman–Crippen MR) is 83.9 cm³/mol. The van der Waals surface area contributed by atoms with Crippen LogP contribution in [0.25, 0.3) is 0 Å². The topological polar surface area (TPSA) is 37.3 Å². The Balaban J connectivity index is 1.89. The van der Waals surface area contributed by atoms with E-state index in [0.717, 1.165) is 38.0 Å². The third kappa shape index (κ3) is 2.77. The van der Waals surface area contributed by atoms with Gasteiger partial charge in [0.2, 0.25) is 5.91 Å². The van der Waals surface area contributed by atoms with E-state index in [4.69, 9.17) is 0 Å². The molecular formula is C17H25N3O. The third-order valence-electron chi connectivity index (χ3n) is 4.87. The van der Waals surface area contributed by atoms with Gasteiger partial charge in [0.05, 0.1) is 6.04 Å². The van der Waals surface area contributed by atoms with Gasteiger partial charge in [0.1, 0.15) is 0 Å². The van der Waals surface area contributed by atoms with E-state index in [1.807, 2.05) is 6.92 Å². The quantitative estimate of drug-likeness (QED) is 0.848. The fourth-order valence-corrected chi connectivity index (χ4v) is 3.36. The molecule has 2 fully saturated rings. The Hall–Kier alpha value is -1.55. The second-order valence-electron chi connectivity index (χ2n) is 6.24. The fraction of sp³-hybridized carbons (Fsp3) is 0.588. The van der Waals surface area contributed by atoms with Crippen LogP contribution in [0.4, 0.5) is 0 Å². The Morgan fingerprint density at radius 2 is 2.10 bits per heavy atom. The highest BCUT2D eigenvalue weighted by molar-refractivity contribution is 5.94. The predicted octanol–water partition coefficient (Wildman–Crippen LogP) is 2.39. The molecule has 1 aromatic heterocycles. The minimum absolute atomic E-state index is 0.226. The first kappa shape index (κ1) is 14.4. The Morgan fingerprint density at radius 1 is 1.29 bits per heavy atom. The van der Waals surface area contributed by atoms with Crippen LogP contribution in [-0.4, -0.2) is 35.0 Å². The molecular weight excluding hydrogens is 262 g/mol. The number of nitrogens with one attached hydrogen (secondary N) is 1. The summed E-state index contributed by atoms with van der Waals surface area (Å²) in [6.45, 7) is 4.62. The SMILES string of the molecule is CC(C(=O)N1CCCCCC1c1cccn1C)=C1CNC1. The number of hydrogen-bond acceptors (Lipinski definition) is 2. The summed E-state index contributed by atoms with van der Waals surface area (Å²) in [5.74, 6) is 0.236. The second-order valence-corrected chi connectivity index (χ2v) is 6.24. The Morgan fingerprint density at radius 3 is 2.71 bits per heavy atom. The first-order valence-electron chi connectivity index (χ1n) is 8.00. The standard InChI is InChI=1S/C17H25N3O/c1-13(14-11-18-12-14)17(21)20-10-5-3-4-7-16(20)15-8-6-9-19(15)2/h6,8-9,16,18H,3-5,7,10-12H2,1-2H3. The number of aromatic nitrogens is 1. The molecule has 1 N–H and O–H groups in total. The molecule has 0 aliphatic carbocycles. The Kier molecular flexibility index (Phi) is 4.15. The monoisotopic (exact) mass is 287 g/mol. The molecule has 0 saturated carbocycles. The van der Waals surface area contributed by atoms with E-state index >= 15 is 0 Å². The smallest absolute Gasteiger partial charge is 0.250 e. The fourth-order valence-electron chi connectivity index (χ4n) is 3.36. The molecule has 0 bridgehead atoms. The van der Waals surface area contributed by atoms with Crippen molar-refractivity contribution in [3.05, 3.63) is 35.2 Å². The number of hydrogen-bond donors (Lipinski definition) is 1. The summed E-state index contributed by atoms with van der Waals surface area (Å²) in [5.41, 5.74) is 3.49. The molecule has 21 heavy (non-hydrogen) atoms. The van der Waals surface area contributed by atoms with Crippen LogP contribution >= 0.6 is 0 Å². The summed E-state index contributed by atoms with van der Waals surface area (Å²) in [6.07, 6.45) is 6.70. The van der Waals surface area contributed by atoms with Crippen LogP contribution < -0.4 is 5.32 Å². The van der Waals surface area contributed by atoms with E-state index in [0.29, 0.717) is 0 Å². The number of carbonyl (C=O) groups is 1. The number of aryl methyl sites for hydroxylation is 1. The van der Waals surface area contributed by atoms with Gasteiger partial charge >= 0.3 is 0 Å². The van der Waals surface area contributed by atoms with E-state index in [9.17, 15) is 4.79 Å². The van der Waals surface area contributed by atoms with Gasteiger partial charge in [0.15, 0.2) is 0 Å². The molecule has 1 amide bonds. The van der Waals surface area contributed by atoms with Crippen molar-refractivity contribution in [2.75, 3.05) is 19.6 Å². The molecule has 0 radical (unpaired) electrons. The van der Waals surface area contributed by atoms with E-state index in [1.165, 1.54) is 24.1 Å². The molecule has 1 unspecified atom stereocenters. The van der Waals surface area contributed by atoms with Gasteiger partial charge in [-0.3, -0.25) is 4.79 Å². The van der Waals surface area contributed by atoms with Crippen molar-refractivity contribution in [3.8, 4) is 0 Å². The Bertz CT molecular complexity index is 552. The lowest BCUT2D eigenvalue weighted by molar-refractivity contribution is -0.129. The summed E-state index contributed by atoms with van der Waals surface area (Å²) < 4.78 is 2.16. The number of carbonyl (C=O) groups excluding carboxylic acids is 1. The lowest BCUT2D eigenvalue weighted by atomic mass is 10.0. The van der Waals surface area contributed by atoms with Crippen molar-refractivity contribution in [2.24, 2.45) is 7.05 Å². The number of amides is 1. The molecule has 1 atom stereocenters. The van der Waals surface area contributed by atoms with Crippen LogP contribution in [0.15, 0.2) is 29.5 Å². The van der Waals surface area contributed by atoms with Crippen molar-refractivity contribution in [1.29, 1.82) is 0 Å². The van der Waals surface area contributed by atoms with Gasteiger partial charge in [-0.05, 0) is 37.5 Å². The van der Waals surface area contributed by atoms with Crippen LogP contribution in [0.5, 0.6) is 0 Å². The van der Waals surface area contributed by atoms with E-state index < -0.39 is 0 Å². The maximum Gasteiger partial charge on any atom is 0.250 e. The number of rotatable bonds is 2. The van der Waals surface area contributed by atoms with Gasteiger partial charge in [-0.1, -0.05) is 12.8 Å². The van der Waals surface area contributed by atoms with Gasteiger partial charge in [-0.15, -0.1) is 0 Å².